The molecule has 0 aliphatic carbocycles. The van der Waals surface area contributed by atoms with Crippen molar-refractivity contribution in [3.05, 3.63) is 54.0 Å². The minimum absolute atomic E-state index is 0.223. The second kappa shape index (κ2) is 7.29. The molecule has 0 saturated heterocycles. The Morgan fingerprint density at radius 3 is 2.43 bits per heavy atom. The number of methoxy groups -OCH3 is 1. The molecule has 0 bridgehead atoms. The van der Waals surface area contributed by atoms with Crippen LogP contribution < -0.4 is 10.1 Å². The molecule has 0 aliphatic heterocycles. The molecule has 1 N–H and O–H groups in total. The Bertz CT molecular complexity index is 520. The predicted octanol–water partition coefficient (Wildman–Crippen LogP) is 3.24. The fraction of sp³-hybridized carbons (Fsp3) is 0.412. The summed E-state index contributed by atoms with van der Waals surface area (Å²) in [6.07, 6.45) is 1.72. The van der Waals surface area contributed by atoms with Gasteiger partial charge in [-0.05, 0) is 50.8 Å². The van der Waals surface area contributed by atoms with Crippen LogP contribution in [0.4, 0.5) is 0 Å². The highest BCUT2D eigenvalue weighted by molar-refractivity contribution is 5.28. The third-order valence-corrected chi connectivity index (χ3v) is 3.73. The molecule has 114 valence electrons. The molecule has 21 heavy (non-hydrogen) atoms. The lowest BCUT2D eigenvalue weighted by Gasteiger charge is -2.25. The van der Waals surface area contributed by atoms with E-state index in [-0.39, 0.29) is 12.1 Å². The number of hydrogen-bond donors (Lipinski definition) is 1. The molecule has 4 heteroatoms. The molecule has 1 heterocycles. The highest BCUT2D eigenvalue weighted by Gasteiger charge is 2.17. The van der Waals surface area contributed by atoms with Gasteiger partial charge in [-0.1, -0.05) is 12.1 Å². The number of furan rings is 1. The molecule has 2 unspecified atom stereocenters. The summed E-state index contributed by atoms with van der Waals surface area (Å²) in [5, 5.41) is 3.56. The van der Waals surface area contributed by atoms with Gasteiger partial charge in [0.15, 0.2) is 0 Å². The first-order valence-corrected chi connectivity index (χ1v) is 7.19. The molecule has 1 aromatic heterocycles. The highest BCUT2D eigenvalue weighted by atomic mass is 16.5. The molecule has 4 nitrogen and oxygen atoms in total. The van der Waals surface area contributed by atoms with Gasteiger partial charge in [-0.3, -0.25) is 4.90 Å². The summed E-state index contributed by atoms with van der Waals surface area (Å²) in [6, 6.07) is 12.6. The van der Waals surface area contributed by atoms with Gasteiger partial charge in [-0.25, -0.2) is 0 Å². The van der Waals surface area contributed by atoms with Crippen molar-refractivity contribution in [2.45, 2.75) is 19.0 Å². The number of likely N-dealkylation sites (N-methyl/N-ethyl adjacent to an activating group) is 1. The van der Waals surface area contributed by atoms with Crippen LogP contribution in [-0.2, 0) is 0 Å². The highest BCUT2D eigenvalue weighted by Crippen LogP contribution is 2.21. The fourth-order valence-electron chi connectivity index (χ4n) is 2.32. The van der Waals surface area contributed by atoms with E-state index in [4.69, 9.17) is 9.15 Å². The smallest absolute Gasteiger partial charge is 0.122 e. The second-order valence-corrected chi connectivity index (χ2v) is 5.40. The molecular weight excluding hydrogens is 264 g/mol. The quantitative estimate of drug-likeness (QED) is 0.848. The van der Waals surface area contributed by atoms with E-state index in [2.05, 4.69) is 43.4 Å². The standard InChI is InChI=1S/C17H24N2O2/c1-13(14-7-9-15(20-4)10-8-14)18-12-16(19(2)3)17-6-5-11-21-17/h5-11,13,16,18H,12H2,1-4H3. The first-order chi connectivity index (χ1) is 10.1. The average Bonchev–Trinajstić information content (AvgIpc) is 3.01. The van der Waals surface area contributed by atoms with E-state index in [9.17, 15) is 0 Å². The van der Waals surface area contributed by atoms with Crippen LogP contribution in [0.5, 0.6) is 5.75 Å². The topological polar surface area (TPSA) is 37.6 Å². The van der Waals surface area contributed by atoms with Crippen LogP contribution in [0.2, 0.25) is 0 Å². The Labute approximate surface area is 126 Å². The van der Waals surface area contributed by atoms with Crippen molar-refractivity contribution in [2.24, 2.45) is 0 Å². The van der Waals surface area contributed by atoms with Gasteiger partial charge in [0.1, 0.15) is 11.5 Å². The zero-order chi connectivity index (χ0) is 15.2. The summed E-state index contributed by atoms with van der Waals surface area (Å²) < 4.78 is 10.7. The Morgan fingerprint density at radius 1 is 1.19 bits per heavy atom. The van der Waals surface area contributed by atoms with Gasteiger partial charge in [0, 0.05) is 12.6 Å². The van der Waals surface area contributed by atoms with Crippen molar-refractivity contribution in [3.8, 4) is 5.75 Å². The Morgan fingerprint density at radius 2 is 1.90 bits per heavy atom. The van der Waals surface area contributed by atoms with Crippen LogP contribution >= 0.6 is 0 Å². The fourth-order valence-corrected chi connectivity index (χ4v) is 2.32. The van der Waals surface area contributed by atoms with Gasteiger partial charge in [-0.15, -0.1) is 0 Å². The van der Waals surface area contributed by atoms with Crippen LogP contribution in [0.1, 0.15) is 30.3 Å². The zero-order valence-electron chi connectivity index (χ0n) is 13.2. The normalized spacial score (nSPS) is 14.1. The summed E-state index contributed by atoms with van der Waals surface area (Å²) in [5.41, 5.74) is 1.24. The van der Waals surface area contributed by atoms with E-state index in [1.54, 1.807) is 13.4 Å². The molecule has 2 aromatic rings. The minimum atomic E-state index is 0.223. The number of benzene rings is 1. The molecule has 0 spiro atoms. The van der Waals surface area contributed by atoms with Crippen molar-refractivity contribution >= 4 is 0 Å². The number of rotatable bonds is 7. The lowest BCUT2D eigenvalue weighted by Crippen LogP contribution is -2.32. The van der Waals surface area contributed by atoms with Crippen LogP contribution in [0, 0.1) is 0 Å². The number of nitrogens with zero attached hydrogens (tertiary/aromatic N) is 1. The molecule has 0 aliphatic rings. The van der Waals surface area contributed by atoms with Gasteiger partial charge in [-0.2, -0.15) is 0 Å². The maximum Gasteiger partial charge on any atom is 0.122 e. The maximum absolute atomic E-state index is 5.53. The predicted molar refractivity (Wildman–Crippen MR) is 84.5 cm³/mol. The van der Waals surface area contributed by atoms with Crippen LogP contribution in [0.3, 0.4) is 0 Å². The van der Waals surface area contributed by atoms with Crippen LogP contribution in [-0.4, -0.2) is 32.6 Å². The van der Waals surface area contributed by atoms with E-state index in [0.29, 0.717) is 0 Å². The third kappa shape index (κ3) is 4.09. The Kier molecular flexibility index (Phi) is 5.42. The average molecular weight is 288 g/mol. The van der Waals surface area contributed by atoms with E-state index in [1.165, 1.54) is 5.56 Å². The van der Waals surface area contributed by atoms with E-state index in [0.717, 1.165) is 18.1 Å². The van der Waals surface area contributed by atoms with Gasteiger partial charge < -0.3 is 14.5 Å². The molecule has 2 rings (SSSR count). The summed E-state index contributed by atoms with van der Waals surface area (Å²) in [4.78, 5) is 2.16. The SMILES string of the molecule is COc1ccc(C(C)NCC(c2ccco2)N(C)C)cc1. The minimum Gasteiger partial charge on any atom is -0.497 e. The van der Waals surface area contributed by atoms with Gasteiger partial charge in [0.25, 0.3) is 0 Å². The van der Waals surface area contributed by atoms with E-state index in [1.807, 2.05) is 24.3 Å². The monoisotopic (exact) mass is 288 g/mol. The first-order valence-electron chi connectivity index (χ1n) is 7.19. The molecular formula is C17H24N2O2. The summed E-state index contributed by atoms with van der Waals surface area (Å²) >= 11 is 0. The lowest BCUT2D eigenvalue weighted by molar-refractivity contribution is 0.245. The second-order valence-electron chi connectivity index (χ2n) is 5.40. The molecule has 0 amide bonds. The summed E-state index contributed by atoms with van der Waals surface area (Å²) in [6.45, 7) is 2.99. The van der Waals surface area contributed by atoms with Crippen molar-refractivity contribution in [3.63, 3.8) is 0 Å². The largest absolute Gasteiger partial charge is 0.497 e. The number of ether oxygens (including phenoxy) is 1. The van der Waals surface area contributed by atoms with Crippen LogP contribution in [0.25, 0.3) is 0 Å². The molecule has 0 radical (unpaired) electrons. The van der Waals surface area contributed by atoms with Crippen molar-refractivity contribution in [2.75, 3.05) is 27.7 Å². The zero-order valence-corrected chi connectivity index (χ0v) is 13.2. The molecule has 1 aromatic carbocycles. The lowest BCUT2D eigenvalue weighted by atomic mass is 10.1. The van der Waals surface area contributed by atoms with E-state index < -0.39 is 0 Å². The maximum atomic E-state index is 5.53. The Balaban J connectivity index is 1.96. The van der Waals surface area contributed by atoms with Gasteiger partial charge >= 0.3 is 0 Å². The molecule has 0 saturated carbocycles. The first kappa shape index (κ1) is 15.6. The summed E-state index contributed by atoms with van der Waals surface area (Å²) in [7, 11) is 5.81. The van der Waals surface area contributed by atoms with Crippen molar-refractivity contribution < 1.29 is 9.15 Å². The summed E-state index contributed by atoms with van der Waals surface area (Å²) in [5.74, 6) is 1.86. The van der Waals surface area contributed by atoms with Crippen molar-refractivity contribution in [1.29, 1.82) is 0 Å². The van der Waals surface area contributed by atoms with Gasteiger partial charge in [0.05, 0.1) is 19.4 Å². The molecule has 2 atom stereocenters. The third-order valence-electron chi connectivity index (χ3n) is 3.73. The van der Waals surface area contributed by atoms with E-state index >= 15 is 0 Å². The Hall–Kier alpha value is -1.78. The number of hydrogen-bond acceptors (Lipinski definition) is 4. The number of nitrogens with one attached hydrogen (secondary N) is 1. The van der Waals surface area contributed by atoms with Crippen LogP contribution in [0.15, 0.2) is 47.1 Å². The van der Waals surface area contributed by atoms with Gasteiger partial charge in [0.2, 0.25) is 0 Å². The molecule has 0 fully saturated rings. The van der Waals surface area contributed by atoms with Crippen molar-refractivity contribution in [1.82, 2.24) is 10.2 Å².